The van der Waals surface area contributed by atoms with Gasteiger partial charge in [0.15, 0.2) is 0 Å². The summed E-state index contributed by atoms with van der Waals surface area (Å²) in [5, 5.41) is 0.765. The molecule has 0 spiro atoms. The first-order chi connectivity index (χ1) is 15.0. The molecule has 3 aromatic carbocycles. The first kappa shape index (κ1) is 20.2. The number of benzene rings is 3. The monoisotopic (exact) mass is 416 g/mol. The lowest BCUT2D eigenvalue weighted by molar-refractivity contribution is 0.0734. The van der Waals surface area contributed by atoms with Crippen molar-refractivity contribution in [1.29, 1.82) is 0 Å². The van der Waals surface area contributed by atoms with E-state index < -0.39 is 11.6 Å². The standard InChI is InChI=1S/C25H20O6/c1-15-21-10-9-18(30-24(26)17-11-19(28-2)13-20(12-17)29-3)14-22(21)31-25(27)23(15)16-7-5-4-6-8-16/h4-14H,1-3H3. The van der Waals surface area contributed by atoms with Crippen LogP contribution in [0.25, 0.3) is 22.1 Å². The minimum Gasteiger partial charge on any atom is -0.497 e. The van der Waals surface area contributed by atoms with E-state index >= 15 is 0 Å². The summed E-state index contributed by atoms with van der Waals surface area (Å²) in [6, 6.07) is 19.1. The summed E-state index contributed by atoms with van der Waals surface area (Å²) >= 11 is 0. The van der Waals surface area contributed by atoms with Crippen LogP contribution in [-0.4, -0.2) is 20.2 Å². The van der Waals surface area contributed by atoms with Gasteiger partial charge < -0.3 is 18.6 Å². The average molecular weight is 416 g/mol. The van der Waals surface area contributed by atoms with E-state index in [1.807, 2.05) is 37.3 Å². The third-order valence-electron chi connectivity index (χ3n) is 5.00. The number of hydrogen-bond acceptors (Lipinski definition) is 6. The molecule has 0 atom stereocenters. The molecule has 0 bridgehead atoms. The maximum Gasteiger partial charge on any atom is 0.344 e. The van der Waals surface area contributed by atoms with Gasteiger partial charge in [-0.05, 0) is 42.3 Å². The highest BCUT2D eigenvalue weighted by Crippen LogP contribution is 2.29. The average Bonchev–Trinajstić information content (AvgIpc) is 2.79. The fraction of sp³-hybridized carbons (Fsp3) is 0.120. The molecule has 0 saturated heterocycles. The molecule has 0 aliphatic heterocycles. The number of rotatable bonds is 5. The minimum absolute atomic E-state index is 0.259. The molecule has 6 nitrogen and oxygen atoms in total. The molecular formula is C25H20O6. The molecule has 0 saturated carbocycles. The fourth-order valence-electron chi connectivity index (χ4n) is 3.43. The van der Waals surface area contributed by atoms with E-state index in [-0.39, 0.29) is 11.3 Å². The lowest BCUT2D eigenvalue weighted by atomic mass is 10.00. The Morgan fingerprint density at radius 3 is 2.16 bits per heavy atom. The Kier molecular flexibility index (Phi) is 5.45. The zero-order valence-corrected chi connectivity index (χ0v) is 17.3. The van der Waals surface area contributed by atoms with Crippen LogP contribution in [0.3, 0.4) is 0 Å². The molecule has 0 radical (unpaired) electrons. The third-order valence-corrected chi connectivity index (χ3v) is 5.00. The van der Waals surface area contributed by atoms with Gasteiger partial charge in [0.2, 0.25) is 0 Å². The molecule has 0 unspecified atom stereocenters. The van der Waals surface area contributed by atoms with Crippen molar-refractivity contribution in [1.82, 2.24) is 0 Å². The summed E-state index contributed by atoms with van der Waals surface area (Å²) in [6.07, 6.45) is 0. The Labute approximate surface area is 178 Å². The Balaban J connectivity index is 1.69. The molecule has 1 aromatic heterocycles. The van der Waals surface area contributed by atoms with E-state index in [2.05, 4.69) is 0 Å². The largest absolute Gasteiger partial charge is 0.497 e. The summed E-state index contributed by atoms with van der Waals surface area (Å²) < 4.78 is 21.4. The first-order valence-corrected chi connectivity index (χ1v) is 9.58. The van der Waals surface area contributed by atoms with Crippen molar-refractivity contribution in [3.05, 3.63) is 88.3 Å². The molecule has 0 aliphatic rings. The van der Waals surface area contributed by atoms with Gasteiger partial charge in [-0.25, -0.2) is 9.59 Å². The second kappa shape index (κ2) is 8.36. The molecule has 1 heterocycles. The fourth-order valence-corrected chi connectivity index (χ4v) is 3.43. The molecule has 6 heteroatoms. The van der Waals surface area contributed by atoms with Gasteiger partial charge in [0.05, 0.1) is 25.3 Å². The quantitative estimate of drug-likeness (QED) is 0.259. The molecule has 4 aromatic rings. The van der Waals surface area contributed by atoms with E-state index in [0.717, 1.165) is 16.5 Å². The van der Waals surface area contributed by atoms with Gasteiger partial charge in [0, 0.05) is 17.5 Å². The maximum atomic E-state index is 12.6. The number of carbonyl (C=O) groups excluding carboxylic acids is 1. The van der Waals surface area contributed by atoms with Crippen molar-refractivity contribution >= 4 is 16.9 Å². The molecule has 156 valence electrons. The van der Waals surface area contributed by atoms with E-state index in [9.17, 15) is 9.59 Å². The van der Waals surface area contributed by atoms with E-state index in [4.69, 9.17) is 18.6 Å². The van der Waals surface area contributed by atoms with Crippen LogP contribution in [0.15, 0.2) is 75.9 Å². The van der Waals surface area contributed by atoms with Crippen LogP contribution in [-0.2, 0) is 0 Å². The van der Waals surface area contributed by atoms with Gasteiger partial charge in [-0.1, -0.05) is 30.3 Å². The van der Waals surface area contributed by atoms with Gasteiger partial charge in [0.1, 0.15) is 22.8 Å². The molecule has 31 heavy (non-hydrogen) atoms. The number of fused-ring (bicyclic) bond motifs is 1. The Hall–Kier alpha value is -4.06. The highest BCUT2D eigenvalue weighted by molar-refractivity contribution is 5.93. The van der Waals surface area contributed by atoms with Crippen LogP contribution in [0.2, 0.25) is 0 Å². The molecule has 4 rings (SSSR count). The first-order valence-electron chi connectivity index (χ1n) is 9.58. The Bertz CT molecular complexity index is 1300. The van der Waals surface area contributed by atoms with Crippen molar-refractivity contribution in [2.75, 3.05) is 14.2 Å². The van der Waals surface area contributed by atoms with Crippen molar-refractivity contribution in [2.45, 2.75) is 6.92 Å². The van der Waals surface area contributed by atoms with Crippen molar-refractivity contribution in [2.24, 2.45) is 0 Å². The van der Waals surface area contributed by atoms with Crippen LogP contribution in [0.1, 0.15) is 15.9 Å². The van der Waals surface area contributed by atoms with Gasteiger partial charge in [-0.3, -0.25) is 0 Å². The number of aryl methyl sites for hydroxylation is 1. The van der Waals surface area contributed by atoms with Gasteiger partial charge >= 0.3 is 11.6 Å². The van der Waals surface area contributed by atoms with Crippen molar-refractivity contribution in [3.63, 3.8) is 0 Å². The van der Waals surface area contributed by atoms with Crippen LogP contribution < -0.4 is 19.8 Å². The number of esters is 1. The molecular weight excluding hydrogens is 396 g/mol. The predicted molar refractivity (Wildman–Crippen MR) is 117 cm³/mol. The predicted octanol–water partition coefficient (Wildman–Crippen LogP) is 5.00. The van der Waals surface area contributed by atoms with E-state index in [1.54, 1.807) is 30.3 Å². The van der Waals surface area contributed by atoms with Crippen molar-refractivity contribution in [3.8, 4) is 28.4 Å². The summed E-state index contributed by atoms with van der Waals surface area (Å²) in [6.45, 7) is 1.87. The summed E-state index contributed by atoms with van der Waals surface area (Å²) in [5.74, 6) is 0.616. The minimum atomic E-state index is -0.587. The smallest absolute Gasteiger partial charge is 0.344 e. The molecule has 0 N–H and O–H groups in total. The second-order valence-corrected chi connectivity index (χ2v) is 6.90. The van der Waals surface area contributed by atoms with Gasteiger partial charge in [0.25, 0.3) is 0 Å². The zero-order valence-electron chi connectivity index (χ0n) is 17.3. The van der Waals surface area contributed by atoms with Gasteiger partial charge in [-0.2, -0.15) is 0 Å². The SMILES string of the molecule is COc1cc(OC)cc(C(=O)Oc2ccc3c(C)c(-c4ccccc4)c(=O)oc3c2)c1. The Morgan fingerprint density at radius 2 is 1.52 bits per heavy atom. The lowest BCUT2D eigenvalue weighted by Gasteiger charge is -2.10. The highest BCUT2D eigenvalue weighted by Gasteiger charge is 2.16. The number of methoxy groups -OCH3 is 2. The lowest BCUT2D eigenvalue weighted by Crippen LogP contribution is -2.09. The number of ether oxygens (including phenoxy) is 3. The van der Waals surface area contributed by atoms with Crippen LogP contribution in [0, 0.1) is 6.92 Å². The summed E-state index contributed by atoms with van der Waals surface area (Å²) in [5.41, 5.74) is 2.27. The number of carbonyl (C=O) groups is 1. The highest BCUT2D eigenvalue weighted by atomic mass is 16.5. The molecule has 0 fully saturated rings. The summed E-state index contributed by atoms with van der Waals surface area (Å²) in [4.78, 5) is 25.3. The van der Waals surface area contributed by atoms with Gasteiger partial charge in [-0.15, -0.1) is 0 Å². The van der Waals surface area contributed by atoms with Crippen LogP contribution >= 0.6 is 0 Å². The third kappa shape index (κ3) is 4.00. The topological polar surface area (TPSA) is 75.0 Å². The zero-order chi connectivity index (χ0) is 22.0. The van der Waals surface area contributed by atoms with Crippen LogP contribution in [0.4, 0.5) is 0 Å². The Morgan fingerprint density at radius 1 is 0.839 bits per heavy atom. The number of hydrogen-bond donors (Lipinski definition) is 0. The maximum absolute atomic E-state index is 12.6. The van der Waals surface area contributed by atoms with E-state index in [0.29, 0.717) is 22.6 Å². The van der Waals surface area contributed by atoms with Crippen molar-refractivity contribution < 1.29 is 23.4 Å². The molecule has 0 aliphatic carbocycles. The second-order valence-electron chi connectivity index (χ2n) is 6.90. The van der Waals surface area contributed by atoms with Crippen LogP contribution in [0.5, 0.6) is 17.2 Å². The molecule has 0 amide bonds. The van der Waals surface area contributed by atoms with E-state index in [1.165, 1.54) is 20.3 Å². The summed E-state index contributed by atoms with van der Waals surface area (Å²) in [7, 11) is 3.00. The normalized spacial score (nSPS) is 10.7.